The van der Waals surface area contributed by atoms with Gasteiger partial charge in [-0.3, -0.25) is 4.79 Å². The smallest absolute Gasteiger partial charge is 0.219 e. The molecule has 0 atom stereocenters. The van der Waals surface area contributed by atoms with Crippen LogP contribution in [-0.4, -0.2) is 17.8 Å². The highest BCUT2D eigenvalue weighted by molar-refractivity contribution is 9.09. The number of rotatable bonds is 22. The van der Waals surface area contributed by atoms with Crippen LogP contribution in [0.25, 0.3) is 0 Å². The van der Waals surface area contributed by atoms with Crippen molar-refractivity contribution in [2.24, 2.45) is 0 Å². The Morgan fingerprint density at radius 1 is 0.593 bits per heavy atom. The molecular weight excluding hydrogens is 398 g/mol. The fourth-order valence-corrected chi connectivity index (χ4v) is 3.94. The third kappa shape index (κ3) is 23.9. The normalized spacial score (nSPS) is 11.0. The predicted octanol–water partition coefficient (Wildman–Crippen LogP) is 8.32. The monoisotopic (exact) mass is 445 g/mol. The van der Waals surface area contributed by atoms with Gasteiger partial charge in [0.05, 0.1) is 0 Å². The van der Waals surface area contributed by atoms with Crippen molar-refractivity contribution in [3.05, 3.63) is 0 Å². The van der Waals surface area contributed by atoms with E-state index in [0.717, 1.165) is 24.7 Å². The number of hydrogen-bond acceptors (Lipinski definition) is 1. The molecule has 0 saturated carbocycles. The van der Waals surface area contributed by atoms with E-state index in [2.05, 4.69) is 28.2 Å². The van der Waals surface area contributed by atoms with Gasteiger partial charge in [0.25, 0.3) is 0 Å². The van der Waals surface area contributed by atoms with E-state index in [1.54, 1.807) is 0 Å². The van der Waals surface area contributed by atoms with E-state index in [-0.39, 0.29) is 5.91 Å². The summed E-state index contributed by atoms with van der Waals surface area (Å²) in [6.07, 6.45) is 26.1. The van der Waals surface area contributed by atoms with Gasteiger partial charge < -0.3 is 5.32 Å². The number of halogens is 1. The number of unbranched alkanes of at least 4 members (excludes halogenated alkanes) is 17. The summed E-state index contributed by atoms with van der Waals surface area (Å²) in [5.74, 6) is 0.255. The number of nitrogens with one attached hydrogen (secondary N) is 1. The molecule has 0 unspecified atom stereocenters. The fourth-order valence-electron chi connectivity index (χ4n) is 3.55. The van der Waals surface area contributed by atoms with E-state index >= 15 is 0 Å². The number of amides is 1. The molecule has 0 aliphatic carbocycles. The maximum atomic E-state index is 11.7. The lowest BCUT2D eigenvalue weighted by molar-refractivity contribution is -0.121. The SMILES string of the molecule is CCCCCCCCCCCCCCCCNC(=O)CCCCCCCBr. The van der Waals surface area contributed by atoms with Gasteiger partial charge in [-0.25, -0.2) is 0 Å². The fraction of sp³-hybridized carbons (Fsp3) is 0.958. The molecule has 0 saturated heterocycles. The van der Waals surface area contributed by atoms with Crippen molar-refractivity contribution in [2.45, 2.75) is 135 Å². The third-order valence-electron chi connectivity index (χ3n) is 5.39. The highest BCUT2D eigenvalue weighted by atomic mass is 79.9. The zero-order chi connectivity index (χ0) is 19.8. The molecule has 0 aromatic heterocycles. The third-order valence-corrected chi connectivity index (χ3v) is 5.95. The summed E-state index contributed by atoms with van der Waals surface area (Å²) in [7, 11) is 0. The Kier molecular flexibility index (Phi) is 23.9. The van der Waals surface area contributed by atoms with Crippen LogP contribution >= 0.6 is 15.9 Å². The minimum Gasteiger partial charge on any atom is -0.356 e. The molecule has 0 radical (unpaired) electrons. The average molecular weight is 447 g/mol. The average Bonchev–Trinajstić information content (AvgIpc) is 2.67. The summed E-state index contributed by atoms with van der Waals surface area (Å²) in [5, 5.41) is 4.19. The first kappa shape index (κ1) is 27.0. The Balaban J connectivity index is 3.10. The van der Waals surface area contributed by atoms with Crippen molar-refractivity contribution in [3.63, 3.8) is 0 Å². The molecule has 2 nitrogen and oxygen atoms in total. The molecule has 162 valence electrons. The van der Waals surface area contributed by atoms with Crippen molar-refractivity contribution < 1.29 is 4.79 Å². The van der Waals surface area contributed by atoms with Gasteiger partial charge in [-0.1, -0.05) is 126 Å². The van der Waals surface area contributed by atoms with Gasteiger partial charge in [-0.15, -0.1) is 0 Å². The van der Waals surface area contributed by atoms with Gasteiger partial charge >= 0.3 is 0 Å². The lowest BCUT2D eigenvalue weighted by Gasteiger charge is -2.06. The van der Waals surface area contributed by atoms with E-state index < -0.39 is 0 Å². The van der Waals surface area contributed by atoms with Crippen LogP contribution in [0.2, 0.25) is 0 Å². The molecule has 0 aromatic rings. The van der Waals surface area contributed by atoms with E-state index in [1.165, 1.54) is 109 Å². The van der Waals surface area contributed by atoms with Crippen molar-refractivity contribution in [3.8, 4) is 0 Å². The van der Waals surface area contributed by atoms with Crippen LogP contribution in [0.4, 0.5) is 0 Å². The number of alkyl halides is 1. The maximum Gasteiger partial charge on any atom is 0.219 e. The van der Waals surface area contributed by atoms with E-state index in [0.29, 0.717) is 6.42 Å². The zero-order valence-corrected chi connectivity index (χ0v) is 19.9. The Labute approximate surface area is 179 Å². The number of carbonyl (C=O) groups is 1. The first-order valence-corrected chi connectivity index (χ1v) is 13.3. The lowest BCUT2D eigenvalue weighted by atomic mass is 10.0. The molecular formula is C24H48BrNO. The standard InChI is InChI=1S/C24H48BrNO/c1-2-3-4-5-6-7-8-9-10-11-12-13-17-20-23-26-24(27)21-18-15-14-16-19-22-25/h2-23H2,1H3,(H,26,27). The molecule has 0 heterocycles. The van der Waals surface area contributed by atoms with Gasteiger partial charge in [-0.2, -0.15) is 0 Å². The first-order chi connectivity index (χ1) is 13.3. The zero-order valence-electron chi connectivity index (χ0n) is 18.3. The topological polar surface area (TPSA) is 29.1 Å². The molecule has 1 N–H and O–H groups in total. The second-order valence-electron chi connectivity index (χ2n) is 8.15. The maximum absolute atomic E-state index is 11.7. The van der Waals surface area contributed by atoms with E-state index in [1.807, 2.05) is 0 Å². The minimum absolute atomic E-state index is 0.255. The first-order valence-electron chi connectivity index (χ1n) is 12.1. The van der Waals surface area contributed by atoms with Crippen molar-refractivity contribution in [1.82, 2.24) is 5.32 Å². The molecule has 27 heavy (non-hydrogen) atoms. The van der Waals surface area contributed by atoms with E-state index in [4.69, 9.17) is 0 Å². The highest BCUT2D eigenvalue weighted by Gasteiger charge is 2.00. The van der Waals surface area contributed by atoms with Gasteiger partial charge in [0.15, 0.2) is 0 Å². The Bertz CT molecular complexity index is 296. The van der Waals surface area contributed by atoms with Crippen molar-refractivity contribution in [2.75, 3.05) is 11.9 Å². The van der Waals surface area contributed by atoms with Crippen molar-refractivity contribution >= 4 is 21.8 Å². The van der Waals surface area contributed by atoms with Gasteiger partial charge in [-0.05, 0) is 19.3 Å². The number of hydrogen-bond donors (Lipinski definition) is 1. The molecule has 3 heteroatoms. The second-order valence-corrected chi connectivity index (χ2v) is 8.95. The Hall–Kier alpha value is -0.0500. The molecule has 0 fully saturated rings. The predicted molar refractivity (Wildman–Crippen MR) is 125 cm³/mol. The van der Waals surface area contributed by atoms with Gasteiger partial charge in [0, 0.05) is 18.3 Å². The largest absolute Gasteiger partial charge is 0.356 e. The molecule has 1 amide bonds. The Morgan fingerprint density at radius 3 is 1.48 bits per heavy atom. The number of carbonyl (C=O) groups excluding carboxylic acids is 1. The van der Waals surface area contributed by atoms with Gasteiger partial charge in [0.2, 0.25) is 5.91 Å². The lowest BCUT2D eigenvalue weighted by Crippen LogP contribution is -2.23. The molecule has 0 spiro atoms. The van der Waals surface area contributed by atoms with Crippen LogP contribution in [0, 0.1) is 0 Å². The van der Waals surface area contributed by atoms with Crippen LogP contribution in [0.1, 0.15) is 135 Å². The van der Waals surface area contributed by atoms with Crippen LogP contribution in [-0.2, 0) is 4.79 Å². The van der Waals surface area contributed by atoms with Crippen LogP contribution < -0.4 is 5.32 Å². The van der Waals surface area contributed by atoms with E-state index in [9.17, 15) is 4.79 Å². The van der Waals surface area contributed by atoms with Crippen LogP contribution in [0.5, 0.6) is 0 Å². The van der Waals surface area contributed by atoms with Crippen LogP contribution in [0.15, 0.2) is 0 Å². The summed E-state index contributed by atoms with van der Waals surface area (Å²) in [6, 6.07) is 0. The van der Waals surface area contributed by atoms with Crippen molar-refractivity contribution in [1.29, 1.82) is 0 Å². The summed E-state index contributed by atoms with van der Waals surface area (Å²) in [4.78, 5) is 11.7. The van der Waals surface area contributed by atoms with Crippen LogP contribution in [0.3, 0.4) is 0 Å². The summed E-state index contributed by atoms with van der Waals surface area (Å²) >= 11 is 3.45. The van der Waals surface area contributed by atoms with Gasteiger partial charge in [0.1, 0.15) is 0 Å². The molecule has 0 bridgehead atoms. The summed E-state index contributed by atoms with van der Waals surface area (Å²) in [5.41, 5.74) is 0. The minimum atomic E-state index is 0.255. The quantitative estimate of drug-likeness (QED) is 0.131. The molecule has 0 rings (SSSR count). The molecule has 0 aliphatic rings. The molecule has 0 aromatic carbocycles. The second kappa shape index (κ2) is 24.0. The summed E-state index contributed by atoms with van der Waals surface area (Å²) in [6.45, 7) is 3.16. The Morgan fingerprint density at radius 2 is 1.00 bits per heavy atom. The summed E-state index contributed by atoms with van der Waals surface area (Å²) < 4.78 is 0. The molecule has 0 aliphatic heterocycles. The highest BCUT2D eigenvalue weighted by Crippen LogP contribution is 2.13.